The highest BCUT2D eigenvalue weighted by Crippen LogP contribution is 2.27. The Morgan fingerprint density at radius 1 is 1.21 bits per heavy atom. The summed E-state index contributed by atoms with van der Waals surface area (Å²) >= 11 is 0. The van der Waals surface area contributed by atoms with Crippen LogP contribution in [0.2, 0.25) is 0 Å². The number of benzene rings is 2. The monoisotopic (exact) mass is 322 g/mol. The van der Waals surface area contributed by atoms with E-state index in [1.165, 1.54) is 0 Å². The highest BCUT2D eigenvalue weighted by molar-refractivity contribution is 5.90. The third kappa shape index (κ3) is 2.67. The molecular formula is C18H18N4O2. The van der Waals surface area contributed by atoms with Crippen molar-refractivity contribution in [3.8, 4) is 5.75 Å². The number of amides is 2. The predicted octanol–water partition coefficient (Wildman–Crippen LogP) is 3.20. The lowest BCUT2D eigenvalue weighted by Gasteiger charge is -2.37. The average Bonchev–Trinajstić information content (AvgIpc) is 2.97. The summed E-state index contributed by atoms with van der Waals surface area (Å²) in [5, 5.41) is 2.89. The van der Waals surface area contributed by atoms with E-state index in [1.54, 1.807) is 12.0 Å². The number of urea groups is 1. The van der Waals surface area contributed by atoms with Crippen LogP contribution >= 0.6 is 0 Å². The molecule has 2 N–H and O–H groups in total. The average molecular weight is 322 g/mol. The first-order valence-corrected chi connectivity index (χ1v) is 7.87. The molecule has 4 rings (SSSR count). The molecule has 0 spiro atoms. The van der Waals surface area contributed by atoms with E-state index in [2.05, 4.69) is 15.3 Å². The van der Waals surface area contributed by atoms with Crippen molar-refractivity contribution in [1.29, 1.82) is 0 Å². The number of aromatic nitrogens is 2. The molecule has 6 nitrogen and oxygen atoms in total. The first kappa shape index (κ1) is 14.6. The van der Waals surface area contributed by atoms with Gasteiger partial charge in [0.1, 0.15) is 11.6 Å². The number of ether oxygens (including phenoxy) is 1. The SMILES string of the molecule is COc1ccc(NC(=O)N2CC(c3nc4ccccc4[nH]3)C2)cc1. The number of carbonyl (C=O) groups excluding carboxylic acids is 1. The second kappa shape index (κ2) is 5.88. The Morgan fingerprint density at radius 3 is 2.67 bits per heavy atom. The summed E-state index contributed by atoms with van der Waals surface area (Å²) in [5.74, 6) is 1.98. The maximum absolute atomic E-state index is 12.3. The van der Waals surface area contributed by atoms with Crippen LogP contribution in [0, 0.1) is 0 Å². The number of methoxy groups -OCH3 is 1. The number of fused-ring (bicyclic) bond motifs is 1. The van der Waals surface area contributed by atoms with Crippen LogP contribution in [-0.4, -0.2) is 41.1 Å². The number of H-pyrrole nitrogens is 1. The fraction of sp³-hybridized carbons (Fsp3) is 0.222. The van der Waals surface area contributed by atoms with E-state index in [0.717, 1.165) is 28.3 Å². The molecule has 2 amide bonds. The molecule has 0 radical (unpaired) electrons. The van der Waals surface area contributed by atoms with E-state index in [0.29, 0.717) is 13.1 Å². The highest BCUT2D eigenvalue weighted by Gasteiger charge is 2.33. The maximum Gasteiger partial charge on any atom is 0.321 e. The number of hydrogen-bond acceptors (Lipinski definition) is 3. The van der Waals surface area contributed by atoms with Crippen molar-refractivity contribution in [1.82, 2.24) is 14.9 Å². The molecule has 0 saturated carbocycles. The molecule has 2 aromatic carbocycles. The summed E-state index contributed by atoms with van der Waals surface area (Å²) in [6.45, 7) is 1.34. The topological polar surface area (TPSA) is 70.2 Å². The van der Waals surface area contributed by atoms with Crippen molar-refractivity contribution in [2.75, 3.05) is 25.5 Å². The standard InChI is InChI=1S/C18H18N4O2/c1-24-14-8-6-13(7-9-14)19-18(23)22-10-12(11-22)17-20-15-4-2-3-5-16(15)21-17/h2-9,12H,10-11H2,1H3,(H,19,23)(H,20,21). The van der Waals surface area contributed by atoms with Crippen LogP contribution in [0.5, 0.6) is 5.75 Å². The minimum atomic E-state index is -0.0903. The smallest absolute Gasteiger partial charge is 0.321 e. The third-order valence-electron chi connectivity index (χ3n) is 4.30. The van der Waals surface area contributed by atoms with Crippen molar-refractivity contribution in [2.24, 2.45) is 0 Å². The van der Waals surface area contributed by atoms with Gasteiger partial charge in [0.25, 0.3) is 0 Å². The van der Waals surface area contributed by atoms with Gasteiger partial charge in [0.15, 0.2) is 0 Å². The number of imidazole rings is 1. The fourth-order valence-electron chi connectivity index (χ4n) is 2.86. The van der Waals surface area contributed by atoms with E-state index < -0.39 is 0 Å². The summed E-state index contributed by atoms with van der Waals surface area (Å²) in [7, 11) is 1.62. The van der Waals surface area contributed by atoms with Crippen LogP contribution in [0.25, 0.3) is 11.0 Å². The van der Waals surface area contributed by atoms with Crippen molar-refractivity contribution < 1.29 is 9.53 Å². The van der Waals surface area contributed by atoms with Crippen LogP contribution in [0.15, 0.2) is 48.5 Å². The molecule has 24 heavy (non-hydrogen) atoms. The van der Waals surface area contributed by atoms with Crippen molar-refractivity contribution in [2.45, 2.75) is 5.92 Å². The lowest BCUT2D eigenvalue weighted by Crippen LogP contribution is -2.50. The zero-order valence-corrected chi connectivity index (χ0v) is 13.3. The zero-order chi connectivity index (χ0) is 16.5. The minimum Gasteiger partial charge on any atom is -0.497 e. The van der Waals surface area contributed by atoms with Gasteiger partial charge in [-0.3, -0.25) is 0 Å². The van der Waals surface area contributed by atoms with Gasteiger partial charge in [-0.1, -0.05) is 12.1 Å². The van der Waals surface area contributed by atoms with Crippen LogP contribution in [0.1, 0.15) is 11.7 Å². The van der Waals surface area contributed by atoms with Gasteiger partial charge in [0.2, 0.25) is 0 Å². The second-order valence-electron chi connectivity index (χ2n) is 5.90. The Morgan fingerprint density at radius 2 is 1.96 bits per heavy atom. The van der Waals surface area contributed by atoms with Gasteiger partial charge in [0.05, 0.1) is 24.1 Å². The van der Waals surface area contributed by atoms with Gasteiger partial charge in [-0.2, -0.15) is 0 Å². The Kier molecular flexibility index (Phi) is 3.57. The highest BCUT2D eigenvalue weighted by atomic mass is 16.5. The number of aromatic amines is 1. The van der Waals surface area contributed by atoms with Crippen molar-refractivity contribution >= 4 is 22.8 Å². The summed E-state index contributed by atoms with van der Waals surface area (Å²) < 4.78 is 5.11. The molecule has 0 bridgehead atoms. The molecule has 1 aromatic heterocycles. The van der Waals surface area contributed by atoms with Crippen LogP contribution < -0.4 is 10.1 Å². The molecule has 0 atom stereocenters. The number of nitrogens with zero attached hydrogens (tertiary/aromatic N) is 2. The summed E-state index contributed by atoms with van der Waals surface area (Å²) in [5.41, 5.74) is 2.76. The Bertz CT molecular complexity index is 833. The van der Waals surface area contributed by atoms with Crippen LogP contribution in [0.4, 0.5) is 10.5 Å². The van der Waals surface area contributed by atoms with Crippen molar-refractivity contribution in [3.63, 3.8) is 0 Å². The second-order valence-corrected chi connectivity index (χ2v) is 5.90. The molecule has 1 aliphatic heterocycles. The van der Waals surface area contributed by atoms with Crippen molar-refractivity contribution in [3.05, 3.63) is 54.4 Å². The van der Waals surface area contributed by atoms with Gasteiger partial charge < -0.3 is 19.9 Å². The Hall–Kier alpha value is -3.02. The van der Waals surface area contributed by atoms with Crippen LogP contribution in [0.3, 0.4) is 0 Å². The van der Waals surface area contributed by atoms with E-state index in [1.807, 2.05) is 48.5 Å². The number of rotatable bonds is 3. The predicted molar refractivity (Wildman–Crippen MR) is 92.4 cm³/mol. The first-order chi connectivity index (χ1) is 11.7. The third-order valence-corrected chi connectivity index (χ3v) is 4.30. The number of likely N-dealkylation sites (tertiary alicyclic amines) is 1. The van der Waals surface area contributed by atoms with E-state index >= 15 is 0 Å². The number of nitrogens with one attached hydrogen (secondary N) is 2. The molecule has 6 heteroatoms. The summed E-state index contributed by atoms with van der Waals surface area (Å²) in [4.78, 5) is 22.0. The van der Waals surface area contributed by atoms with E-state index in [4.69, 9.17) is 4.74 Å². The van der Waals surface area contributed by atoms with Gasteiger partial charge in [-0.05, 0) is 36.4 Å². The Labute approximate surface area is 139 Å². The fourth-order valence-corrected chi connectivity index (χ4v) is 2.86. The molecule has 1 saturated heterocycles. The Balaban J connectivity index is 1.36. The molecule has 1 aliphatic rings. The minimum absolute atomic E-state index is 0.0903. The normalized spacial score (nSPS) is 14.5. The van der Waals surface area contributed by atoms with Gasteiger partial charge >= 0.3 is 6.03 Å². The molecule has 0 unspecified atom stereocenters. The molecule has 122 valence electrons. The maximum atomic E-state index is 12.3. The quantitative estimate of drug-likeness (QED) is 0.778. The molecule has 1 fully saturated rings. The molecular weight excluding hydrogens is 304 g/mol. The first-order valence-electron chi connectivity index (χ1n) is 7.87. The zero-order valence-electron chi connectivity index (χ0n) is 13.3. The summed E-state index contributed by atoms with van der Waals surface area (Å²) in [6.07, 6.45) is 0. The number of anilines is 1. The van der Waals surface area contributed by atoms with E-state index in [-0.39, 0.29) is 11.9 Å². The largest absolute Gasteiger partial charge is 0.497 e. The van der Waals surface area contributed by atoms with Gasteiger partial charge in [-0.15, -0.1) is 0 Å². The van der Waals surface area contributed by atoms with Crippen LogP contribution in [-0.2, 0) is 0 Å². The lowest BCUT2D eigenvalue weighted by atomic mass is 10.0. The van der Waals surface area contributed by atoms with Gasteiger partial charge in [-0.25, -0.2) is 9.78 Å². The van der Waals surface area contributed by atoms with Gasteiger partial charge in [0, 0.05) is 18.8 Å². The lowest BCUT2D eigenvalue weighted by molar-refractivity contribution is 0.161. The number of carbonyl (C=O) groups is 1. The molecule has 0 aliphatic carbocycles. The number of para-hydroxylation sites is 2. The molecule has 3 aromatic rings. The molecule has 2 heterocycles. The summed E-state index contributed by atoms with van der Waals surface area (Å²) in [6, 6.07) is 15.2. The number of hydrogen-bond donors (Lipinski definition) is 2. The van der Waals surface area contributed by atoms with E-state index in [9.17, 15) is 4.79 Å².